The van der Waals surface area contributed by atoms with Gasteiger partial charge in [-0.25, -0.2) is 0 Å². The summed E-state index contributed by atoms with van der Waals surface area (Å²) in [5, 5.41) is 13.9. The first-order chi connectivity index (χ1) is 17.0. The van der Waals surface area contributed by atoms with Crippen molar-refractivity contribution in [1.29, 1.82) is 0 Å². The average Bonchev–Trinajstić information content (AvgIpc) is 3.55. The van der Waals surface area contributed by atoms with Gasteiger partial charge in [0.05, 0.1) is 17.8 Å². The van der Waals surface area contributed by atoms with Gasteiger partial charge in [-0.1, -0.05) is 6.07 Å². The first-order valence-electron chi connectivity index (χ1n) is 11.4. The zero-order valence-electron chi connectivity index (χ0n) is 19.3. The predicted octanol–water partition coefficient (Wildman–Crippen LogP) is 5.10. The van der Waals surface area contributed by atoms with E-state index < -0.39 is 0 Å². The summed E-state index contributed by atoms with van der Waals surface area (Å²) in [5.74, 6) is 1.68. The molecule has 35 heavy (non-hydrogen) atoms. The molecule has 6 rings (SSSR count). The Hall–Kier alpha value is -4.04. The number of aromatic nitrogens is 2. The number of hydrogen-bond donors (Lipinski definition) is 2. The van der Waals surface area contributed by atoms with Crippen LogP contribution in [0.5, 0.6) is 17.2 Å². The summed E-state index contributed by atoms with van der Waals surface area (Å²) in [5.41, 5.74) is 6.14. The fraction of sp³-hybridized carbons (Fsp3) is 0.185. The Bertz CT molecular complexity index is 1420. The third-order valence-corrected chi connectivity index (χ3v) is 6.94. The number of hydrogen-bond acceptors (Lipinski definition) is 5. The monoisotopic (exact) mass is 484 g/mol. The van der Waals surface area contributed by atoms with Gasteiger partial charge in [0.25, 0.3) is 0 Å². The molecule has 2 aliphatic heterocycles. The summed E-state index contributed by atoms with van der Waals surface area (Å²) in [6.07, 6.45) is 1.81. The third-order valence-electron chi connectivity index (χ3n) is 6.63. The number of nitrogens with one attached hydrogen (secondary N) is 1. The van der Waals surface area contributed by atoms with Crippen molar-refractivity contribution in [2.75, 3.05) is 11.7 Å². The topological polar surface area (TPSA) is 71.8 Å². The minimum absolute atomic E-state index is 0.144. The predicted molar refractivity (Wildman–Crippen MR) is 137 cm³/mol. The maximum Gasteiger partial charge on any atom is 0.231 e. The molecule has 176 valence electrons. The van der Waals surface area contributed by atoms with Crippen LogP contribution in [-0.4, -0.2) is 26.6 Å². The maximum atomic E-state index is 9.77. The van der Waals surface area contributed by atoms with Crippen LogP contribution in [0.3, 0.4) is 0 Å². The first-order valence-corrected chi connectivity index (χ1v) is 11.8. The number of phenolic OH excluding ortho intramolecular Hbond substituents is 1. The van der Waals surface area contributed by atoms with E-state index in [4.69, 9.17) is 21.7 Å². The lowest BCUT2D eigenvalue weighted by Gasteiger charge is -2.28. The molecule has 0 saturated carbocycles. The molecule has 2 aromatic carbocycles. The second kappa shape index (κ2) is 8.32. The molecule has 0 bridgehead atoms. The molecule has 4 heterocycles. The number of anilines is 1. The second-order valence-electron chi connectivity index (χ2n) is 8.71. The first kappa shape index (κ1) is 21.5. The lowest BCUT2D eigenvalue weighted by Crippen LogP contribution is -2.29. The van der Waals surface area contributed by atoms with E-state index in [1.807, 2.05) is 48.5 Å². The highest BCUT2D eigenvalue weighted by atomic mass is 32.1. The number of pyridine rings is 1. The Morgan fingerprint density at radius 1 is 0.971 bits per heavy atom. The number of fused-ring (bicyclic) bond motifs is 1. The molecule has 1 saturated heterocycles. The van der Waals surface area contributed by atoms with Crippen LogP contribution in [0.2, 0.25) is 0 Å². The van der Waals surface area contributed by atoms with Gasteiger partial charge in [0, 0.05) is 35.0 Å². The number of aryl methyl sites for hydroxylation is 1. The van der Waals surface area contributed by atoms with Gasteiger partial charge in [0.15, 0.2) is 16.6 Å². The van der Waals surface area contributed by atoms with E-state index in [2.05, 4.69) is 39.7 Å². The largest absolute Gasteiger partial charge is 0.508 e. The van der Waals surface area contributed by atoms with Crippen LogP contribution in [0.25, 0.3) is 5.69 Å². The zero-order chi connectivity index (χ0) is 24.1. The molecule has 4 aromatic rings. The van der Waals surface area contributed by atoms with E-state index in [9.17, 15) is 5.11 Å². The molecule has 0 radical (unpaired) electrons. The summed E-state index contributed by atoms with van der Waals surface area (Å²) in [6.45, 7) is 4.42. The Morgan fingerprint density at radius 3 is 2.51 bits per heavy atom. The van der Waals surface area contributed by atoms with Crippen LogP contribution >= 0.6 is 12.2 Å². The molecule has 2 atom stereocenters. The maximum absolute atomic E-state index is 9.77. The molecular formula is C27H24N4O3S. The number of rotatable bonds is 4. The number of nitrogens with zero attached hydrogens (tertiary/aromatic N) is 3. The van der Waals surface area contributed by atoms with Gasteiger partial charge in [-0.05, 0) is 86.2 Å². The number of aromatic hydroxyl groups is 1. The number of thiocarbonyl (C=S) groups is 1. The molecule has 8 heteroatoms. The van der Waals surface area contributed by atoms with Gasteiger partial charge in [0.1, 0.15) is 5.75 Å². The lowest BCUT2D eigenvalue weighted by molar-refractivity contribution is 0.174. The van der Waals surface area contributed by atoms with Crippen molar-refractivity contribution in [3.05, 3.63) is 95.6 Å². The van der Waals surface area contributed by atoms with Gasteiger partial charge < -0.3 is 29.4 Å². The quantitative estimate of drug-likeness (QED) is 0.391. The van der Waals surface area contributed by atoms with Crippen molar-refractivity contribution in [1.82, 2.24) is 14.9 Å². The van der Waals surface area contributed by atoms with E-state index in [1.54, 1.807) is 18.3 Å². The summed E-state index contributed by atoms with van der Waals surface area (Å²) < 4.78 is 13.4. The molecule has 2 aromatic heterocycles. The molecule has 7 nitrogen and oxygen atoms in total. The fourth-order valence-corrected chi connectivity index (χ4v) is 5.42. The van der Waals surface area contributed by atoms with Crippen LogP contribution in [0, 0.1) is 13.8 Å². The molecule has 0 amide bonds. The van der Waals surface area contributed by atoms with Crippen LogP contribution in [0.1, 0.15) is 34.7 Å². The van der Waals surface area contributed by atoms with E-state index in [1.165, 1.54) is 0 Å². The summed E-state index contributed by atoms with van der Waals surface area (Å²) in [4.78, 5) is 6.79. The fourth-order valence-electron chi connectivity index (χ4n) is 5.07. The minimum atomic E-state index is -0.150. The number of benzene rings is 2. The van der Waals surface area contributed by atoms with Crippen molar-refractivity contribution in [2.45, 2.75) is 25.9 Å². The highest BCUT2D eigenvalue weighted by Gasteiger charge is 2.42. The molecule has 0 spiro atoms. The average molecular weight is 485 g/mol. The van der Waals surface area contributed by atoms with Crippen LogP contribution in [0.15, 0.2) is 72.9 Å². The Labute approximate surface area is 208 Å². The van der Waals surface area contributed by atoms with Crippen LogP contribution in [0.4, 0.5) is 5.69 Å². The number of ether oxygens (including phenoxy) is 2. The van der Waals surface area contributed by atoms with Crippen molar-refractivity contribution >= 4 is 23.0 Å². The van der Waals surface area contributed by atoms with Gasteiger partial charge in [-0.2, -0.15) is 0 Å². The van der Waals surface area contributed by atoms with Gasteiger partial charge in [-0.15, -0.1) is 0 Å². The third kappa shape index (κ3) is 3.57. The Morgan fingerprint density at radius 2 is 1.74 bits per heavy atom. The summed E-state index contributed by atoms with van der Waals surface area (Å²) in [7, 11) is 0. The van der Waals surface area contributed by atoms with Crippen molar-refractivity contribution in [3.63, 3.8) is 0 Å². The van der Waals surface area contributed by atoms with E-state index in [0.29, 0.717) is 10.9 Å². The van der Waals surface area contributed by atoms with E-state index in [-0.39, 0.29) is 24.6 Å². The SMILES string of the molecule is Cc1cc([C@@H]2[C@@H](c3ccccn3)NC(=S)N2c2ccc3c(c2)OCO3)c(C)n1-c1ccc(O)cc1. The molecular weight excluding hydrogens is 460 g/mol. The zero-order valence-corrected chi connectivity index (χ0v) is 20.1. The molecule has 1 fully saturated rings. The summed E-state index contributed by atoms with van der Waals surface area (Å²) >= 11 is 5.88. The van der Waals surface area contributed by atoms with Crippen molar-refractivity contribution in [2.24, 2.45) is 0 Å². The molecule has 2 aliphatic rings. The highest BCUT2D eigenvalue weighted by Crippen LogP contribution is 2.46. The Balaban J connectivity index is 1.51. The highest BCUT2D eigenvalue weighted by molar-refractivity contribution is 7.80. The van der Waals surface area contributed by atoms with Crippen LogP contribution < -0.4 is 19.7 Å². The smallest absolute Gasteiger partial charge is 0.231 e. The van der Waals surface area contributed by atoms with Crippen LogP contribution in [-0.2, 0) is 0 Å². The number of phenols is 1. The Kier molecular flexibility index (Phi) is 5.11. The van der Waals surface area contributed by atoms with Crippen molar-refractivity contribution < 1.29 is 14.6 Å². The van der Waals surface area contributed by atoms with E-state index in [0.717, 1.165) is 39.8 Å². The van der Waals surface area contributed by atoms with Gasteiger partial charge >= 0.3 is 0 Å². The standard InChI is InChI=1S/C27H24N4O3S/c1-16-13-21(17(2)30(16)18-6-9-20(32)10-7-18)26-25(22-5-3-4-12-28-22)29-27(35)31(26)19-8-11-23-24(14-19)34-15-33-23/h3-14,25-26,32H,15H2,1-2H3,(H,29,35)/t25-,26-/m1/s1. The van der Waals surface area contributed by atoms with Gasteiger partial charge in [0.2, 0.25) is 6.79 Å². The molecule has 2 N–H and O–H groups in total. The molecule has 0 unspecified atom stereocenters. The normalized spacial score (nSPS) is 18.7. The minimum Gasteiger partial charge on any atom is -0.508 e. The van der Waals surface area contributed by atoms with Crippen molar-refractivity contribution in [3.8, 4) is 22.9 Å². The van der Waals surface area contributed by atoms with E-state index >= 15 is 0 Å². The summed E-state index contributed by atoms with van der Waals surface area (Å²) in [6, 6.07) is 21.0. The second-order valence-corrected chi connectivity index (χ2v) is 9.10. The molecule has 0 aliphatic carbocycles. The lowest BCUT2D eigenvalue weighted by atomic mass is 9.96. The van der Waals surface area contributed by atoms with Gasteiger partial charge in [-0.3, -0.25) is 4.98 Å².